The molecule has 5 heteroatoms. The number of aryl methyl sites for hydroxylation is 1. The smallest absolute Gasteiger partial charge is 0.0643 e. The van der Waals surface area contributed by atoms with Gasteiger partial charge in [-0.2, -0.15) is 5.10 Å². The number of rotatable bonds is 5. The quantitative estimate of drug-likeness (QED) is 0.491. The highest BCUT2D eigenvalue weighted by molar-refractivity contribution is 7.98. The fourth-order valence-electron chi connectivity index (χ4n) is 1.99. The molecule has 4 nitrogen and oxygen atoms in total. The van der Waals surface area contributed by atoms with Gasteiger partial charge in [0.25, 0.3) is 0 Å². The molecule has 0 aliphatic rings. The summed E-state index contributed by atoms with van der Waals surface area (Å²) in [5, 5.41) is 4.39. The Morgan fingerprint density at radius 3 is 2.78 bits per heavy atom. The van der Waals surface area contributed by atoms with Crippen molar-refractivity contribution in [2.45, 2.75) is 17.4 Å². The lowest BCUT2D eigenvalue weighted by Gasteiger charge is -2.18. The second-order valence-corrected chi connectivity index (χ2v) is 4.99. The number of hydrogen-bond donors (Lipinski definition) is 2. The van der Waals surface area contributed by atoms with Crippen LogP contribution in [0.3, 0.4) is 0 Å². The molecule has 18 heavy (non-hydrogen) atoms. The Bertz CT molecular complexity index is 509. The van der Waals surface area contributed by atoms with Crippen molar-refractivity contribution in [3.05, 3.63) is 47.8 Å². The SMILES string of the molecule is CSc1ccccc1C(Cc1ccn(C)n1)NN. The van der Waals surface area contributed by atoms with Crippen molar-refractivity contribution >= 4 is 11.8 Å². The molecule has 2 rings (SSSR count). The number of hydrogen-bond acceptors (Lipinski definition) is 4. The van der Waals surface area contributed by atoms with Gasteiger partial charge >= 0.3 is 0 Å². The van der Waals surface area contributed by atoms with E-state index in [2.05, 4.69) is 28.9 Å². The molecule has 0 saturated heterocycles. The molecule has 96 valence electrons. The van der Waals surface area contributed by atoms with Crippen LogP contribution in [-0.4, -0.2) is 16.0 Å². The van der Waals surface area contributed by atoms with Crippen molar-refractivity contribution in [2.75, 3.05) is 6.26 Å². The van der Waals surface area contributed by atoms with Crippen molar-refractivity contribution in [1.82, 2.24) is 15.2 Å². The van der Waals surface area contributed by atoms with E-state index in [4.69, 9.17) is 5.84 Å². The van der Waals surface area contributed by atoms with Crippen LogP contribution in [0.2, 0.25) is 0 Å². The van der Waals surface area contributed by atoms with E-state index in [0.29, 0.717) is 0 Å². The van der Waals surface area contributed by atoms with E-state index in [1.807, 2.05) is 36.1 Å². The van der Waals surface area contributed by atoms with Crippen LogP contribution in [0.5, 0.6) is 0 Å². The Morgan fingerprint density at radius 1 is 1.39 bits per heavy atom. The van der Waals surface area contributed by atoms with Crippen LogP contribution in [0.4, 0.5) is 0 Å². The molecular formula is C13H18N4S. The summed E-state index contributed by atoms with van der Waals surface area (Å²) in [5.74, 6) is 5.69. The average Bonchev–Trinajstić information content (AvgIpc) is 2.81. The molecule has 1 aromatic carbocycles. The van der Waals surface area contributed by atoms with E-state index in [1.54, 1.807) is 11.8 Å². The predicted octanol–water partition coefficient (Wildman–Crippen LogP) is 1.89. The zero-order valence-electron chi connectivity index (χ0n) is 10.6. The van der Waals surface area contributed by atoms with E-state index >= 15 is 0 Å². The Balaban J connectivity index is 2.22. The first-order chi connectivity index (χ1) is 8.74. The standard InChI is InChI=1S/C13H18N4S/c1-17-8-7-10(16-17)9-12(15-14)11-5-3-4-6-13(11)18-2/h3-8,12,15H,9,14H2,1-2H3. The van der Waals surface area contributed by atoms with Crippen molar-refractivity contribution in [3.63, 3.8) is 0 Å². The van der Waals surface area contributed by atoms with E-state index in [-0.39, 0.29) is 6.04 Å². The first kappa shape index (κ1) is 13.1. The number of nitrogens with two attached hydrogens (primary N) is 1. The highest BCUT2D eigenvalue weighted by Gasteiger charge is 2.15. The van der Waals surface area contributed by atoms with Gasteiger partial charge in [-0.25, -0.2) is 0 Å². The number of aromatic nitrogens is 2. The molecule has 1 heterocycles. The molecule has 0 radical (unpaired) electrons. The number of hydrazine groups is 1. The summed E-state index contributed by atoms with van der Waals surface area (Å²) in [6.45, 7) is 0. The first-order valence-corrected chi connectivity index (χ1v) is 7.04. The lowest BCUT2D eigenvalue weighted by atomic mass is 10.0. The Morgan fingerprint density at radius 2 is 2.17 bits per heavy atom. The third-order valence-electron chi connectivity index (χ3n) is 2.90. The zero-order valence-corrected chi connectivity index (χ0v) is 11.4. The summed E-state index contributed by atoms with van der Waals surface area (Å²) in [5.41, 5.74) is 5.15. The summed E-state index contributed by atoms with van der Waals surface area (Å²) in [4.78, 5) is 1.25. The van der Waals surface area contributed by atoms with Crippen molar-refractivity contribution in [2.24, 2.45) is 12.9 Å². The molecular weight excluding hydrogens is 244 g/mol. The Labute approximate surface area is 112 Å². The van der Waals surface area contributed by atoms with Crippen LogP contribution < -0.4 is 11.3 Å². The van der Waals surface area contributed by atoms with E-state index < -0.39 is 0 Å². The van der Waals surface area contributed by atoms with Crippen molar-refractivity contribution in [3.8, 4) is 0 Å². The maximum Gasteiger partial charge on any atom is 0.0643 e. The minimum Gasteiger partial charge on any atom is -0.276 e. The van der Waals surface area contributed by atoms with Gasteiger partial charge in [-0.3, -0.25) is 16.0 Å². The van der Waals surface area contributed by atoms with E-state index in [1.165, 1.54) is 10.5 Å². The summed E-state index contributed by atoms with van der Waals surface area (Å²) < 4.78 is 1.81. The van der Waals surface area contributed by atoms with Gasteiger partial charge in [0.05, 0.1) is 11.7 Å². The number of thioether (sulfide) groups is 1. The van der Waals surface area contributed by atoms with Crippen LogP contribution in [0.15, 0.2) is 41.4 Å². The van der Waals surface area contributed by atoms with Gasteiger partial charge in [0.1, 0.15) is 0 Å². The molecule has 1 aromatic heterocycles. The summed E-state index contributed by atoms with van der Waals surface area (Å²) in [6, 6.07) is 10.4. The molecule has 2 aromatic rings. The molecule has 0 aliphatic carbocycles. The van der Waals surface area contributed by atoms with Crippen LogP contribution in [0.25, 0.3) is 0 Å². The van der Waals surface area contributed by atoms with Gasteiger partial charge < -0.3 is 0 Å². The minimum atomic E-state index is 0.0866. The molecule has 0 bridgehead atoms. The second kappa shape index (κ2) is 6.04. The Hall–Kier alpha value is -1.30. The van der Waals surface area contributed by atoms with Gasteiger partial charge in [0.15, 0.2) is 0 Å². The highest BCUT2D eigenvalue weighted by atomic mass is 32.2. The molecule has 1 atom stereocenters. The average molecular weight is 262 g/mol. The van der Waals surface area contributed by atoms with Gasteiger partial charge in [0, 0.05) is 24.6 Å². The van der Waals surface area contributed by atoms with Gasteiger partial charge in [-0.1, -0.05) is 18.2 Å². The third-order valence-corrected chi connectivity index (χ3v) is 3.71. The third kappa shape index (κ3) is 2.93. The molecule has 0 aliphatic heterocycles. The largest absolute Gasteiger partial charge is 0.276 e. The predicted molar refractivity (Wildman–Crippen MR) is 75.2 cm³/mol. The van der Waals surface area contributed by atoms with Crippen LogP contribution in [0.1, 0.15) is 17.3 Å². The number of benzene rings is 1. The fraction of sp³-hybridized carbons (Fsp3) is 0.308. The molecule has 0 spiro atoms. The van der Waals surface area contributed by atoms with Crippen LogP contribution in [-0.2, 0) is 13.5 Å². The van der Waals surface area contributed by atoms with Crippen molar-refractivity contribution < 1.29 is 0 Å². The van der Waals surface area contributed by atoms with Crippen LogP contribution in [0, 0.1) is 0 Å². The monoisotopic (exact) mass is 262 g/mol. The van der Waals surface area contributed by atoms with Gasteiger partial charge in [-0.05, 0) is 24.0 Å². The van der Waals surface area contributed by atoms with Crippen LogP contribution >= 0.6 is 11.8 Å². The fourth-order valence-corrected chi connectivity index (χ4v) is 2.65. The maximum atomic E-state index is 5.69. The highest BCUT2D eigenvalue weighted by Crippen LogP contribution is 2.27. The van der Waals surface area contributed by atoms with E-state index in [0.717, 1.165) is 12.1 Å². The first-order valence-electron chi connectivity index (χ1n) is 5.82. The summed E-state index contributed by atoms with van der Waals surface area (Å²) in [7, 11) is 1.92. The molecule has 0 fully saturated rings. The number of nitrogens with zero attached hydrogens (tertiary/aromatic N) is 2. The van der Waals surface area contributed by atoms with Gasteiger partial charge in [-0.15, -0.1) is 11.8 Å². The Kier molecular flexibility index (Phi) is 4.41. The molecule has 0 saturated carbocycles. The summed E-state index contributed by atoms with van der Waals surface area (Å²) in [6.07, 6.45) is 4.81. The van der Waals surface area contributed by atoms with Gasteiger partial charge in [0.2, 0.25) is 0 Å². The lowest BCUT2D eigenvalue weighted by molar-refractivity contribution is 0.534. The van der Waals surface area contributed by atoms with Crippen molar-refractivity contribution in [1.29, 1.82) is 0 Å². The molecule has 3 N–H and O–H groups in total. The lowest BCUT2D eigenvalue weighted by Crippen LogP contribution is -2.30. The normalized spacial score (nSPS) is 12.6. The van der Waals surface area contributed by atoms with E-state index in [9.17, 15) is 0 Å². The second-order valence-electron chi connectivity index (χ2n) is 4.15. The topological polar surface area (TPSA) is 55.9 Å². The zero-order chi connectivity index (χ0) is 13.0. The minimum absolute atomic E-state index is 0.0866. The molecule has 0 amide bonds. The molecule has 1 unspecified atom stereocenters. The maximum absolute atomic E-state index is 5.69. The number of nitrogens with one attached hydrogen (secondary N) is 1. The summed E-state index contributed by atoms with van der Waals surface area (Å²) >= 11 is 1.73.